The van der Waals surface area contributed by atoms with Crippen LogP contribution in [0.2, 0.25) is 0 Å². The molecular weight excluding hydrogens is 272 g/mol. The highest BCUT2D eigenvalue weighted by Crippen LogP contribution is 2.31. The number of non-ortho nitro benzene ring substituents is 1. The van der Waals surface area contributed by atoms with Crippen molar-refractivity contribution in [1.29, 1.82) is 0 Å². The predicted octanol–water partition coefficient (Wildman–Crippen LogP) is 2.65. The van der Waals surface area contributed by atoms with Gasteiger partial charge in [0.2, 0.25) is 0 Å². The third-order valence-corrected chi connectivity index (χ3v) is 2.80. The van der Waals surface area contributed by atoms with Crippen molar-refractivity contribution in [2.24, 2.45) is 4.99 Å². The zero-order valence-electron chi connectivity index (χ0n) is 11.0. The van der Waals surface area contributed by atoms with Gasteiger partial charge in [-0.3, -0.25) is 19.9 Å². The molecule has 2 aromatic rings. The van der Waals surface area contributed by atoms with Gasteiger partial charge >= 0.3 is 0 Å². The normalized spacial score (nSPS) is 12.9. The van der Waals surface area contributed by atoms with Crippen molar-refractivity contribution >= 4 is 28.5 Å². The number of aromatic hydroxyl groups is 1. The standard InChI is InChI=1S/C10H7NO3.C5H5NO/c12-10-6-5-9(11(13)14)7-3-1-2-4-8(7)10;7-5-2-1-3-6-4-5/h1-6,12H;1-3H,4H2. The summed E-state index contributed by atoms with van der Waals surface area (Å²) in [6, 6.07) is 9.34. The van der Waals surface area contributed by atoms with E-state index >= 15 is 0 Å². The van der Waals surface area contributed by atoms with Crippen molar-refractivity contribution in [3.05, 3.63) is 58.7 Å². The summed E-state index contributed by atoms with van der Waals surface area (Å²) in [4.78, 5) is 24.2. The summed E-state index contributed by atoms with van der Waals surface area (Å²) in [5.41, 5.74) is 0.0124. The molecule has 0 saturated heterocycles. The van der Waals surface area contributed by atoms with E-state index in [-0.39, 0.29) is 17.2 Å². The first kappa shape index (κ1) is 14.4. The minimum atomic E-state index is -0.457. The molecule has 0 saturated carbocycles. The van der Waals surface area contributed by atoms with Gasteiger partial charge in [-0.15, -0.1) is 0 Å². The Balaban J connectivity index is 0.000000194. The zero-order valence-corrected chi connectivity index (χ0v) is 11.0. The van der Waals surface area contributed by atoms with E-state index in [0.29, 0.717) is 17.3 Å². The number of hydrogen-bond acceptors (Lipinski definition) is 5. The number of nitro benzene ring substituents is 1. The highest BCUT2D eigenvalue weighted by atomic mass is 16.6. The van der Waals surface area contributed by atoms with E-state index in [9.17, 15) is 20.0 Å². The molecule has 0 radical (unpaired) electrons. The van der Waals surface area contributed by atoms with Gasteiger partial charge in [0.25, 0.3) is 5.69 Å². The van der Waals surface area contributed by atoms with Gasteiger partial charge in [0.15, 0.2) is 5.78 Å². The van der Waals surface area contributed by atoms with Crippen LogP contribution in [0.25, 0.3) is 10.8 Å². The van der Waals surface area contributed by atoms with Crippen LogP contribution < -0.4 is 0 Å². The zero-order chi connectivity index (χ0) is 15.2. The number of phenolic OH excluding ortho intramolecular Hbond substituents is 1. The van der Waals surface area contributed by atoms with E-state index in [1.54, 1.807) is 36.6 Å². The monoisotopic (exact) mass is 284 g/mol. The van der Waals surface area contributed by atoms with E-state index in [4.69, 9.17) is 0 Å². The fraction of sp³-hybridized carbons (Fsp3) is 0.0667. The molecule has 0 amide bonds. The lowest BCUT2D eigenvalue weighted by Gasteiger charge is -2.00. The molecule has 3 rings (SSSR count). The molecule has 0 aromatic heterocycles. The van der Waals surface area contributed by atoms with E-state index in [2.05, 4.69) is 4.99 Å². The number of ketones is 1. The average Bonchev–Trinajstić information content (AvgIpc) is 2.49. The largest absolute Gasteiger partial charge is 0.507 e. The van der Waals surface area contributed by atoms with E-state index in [1.807, 2.05) is 0 Å². The Bertz CT molecular complexity index is 750. The van der Waals surface area contributed by atoms with Gasteiger partial charge in [-0.1, -0.05) is 18.2 Å². The van der Waals surface area contributed by atoms with Gasteiger partial charge in [-0.05, 0) is 24.3 Å². The van der Waals surface area contributed by atoms with Crippen molar-refractivity contribution in [2.45, 2.75) is 0 Å². The Morgan fingerprint density at radius 2 is 1.86 bits per heavy atom. The lowest BCUT2D eigenvalue weighted by atomic mass is 10.1. The number of nitro groups is 1. The van der Waals surface area contributed by atoms with Gasteiger partial charge in [0.1, 0.15) is 12.3 Å². The van der Waals surface area contributed by atoms with Crippen LogP contribution in [0.1, 0.15) is 0 Å². The molecule has 1 aliphatic rings. The average molecular weight is 284 g/mol. The van der Waals surface area contributed by atoms with Crippen LogP contribution in [0.4, 0.5) is 5.69 Å². The molecule has 0 bridgehead atoms. The highest BCUT2D eigenvalue weighted by Gasteiger charge is 2.12. The summed E-state index contributed by atoms with van der Waals surface area (Å²) in [7, 11) is 0. The number of nitrogens with zero attached hydrogens (tertiary/aromatic N) is 2. The molecule has 106 valence electrons. The first-order valence-electron chi connectivity index (χ1n) is 6.14. The van der Waals surface area contributed by atoms with Gasteiger partial charge in [-0.2, -0.15) is 0 Å². The van der Waals surface area contributed by atoms with Crippen LogP contribution in [0.5, 0.6) is 5.75 Å². The summed E-state index contributed by atoms with van der Waals surface area (Å²) >= 11 is 0. The number of carbonyl (C=O) groups is 1. The first-order chi connectivity index (χ1) is 10.1. The Hall–Kier alpha value is -3.02. The summed E-state index contributed by atoms with van der Waals surface area (Å²) < 4.78 is 0. The third kappa shape index (κ3) is 3.50. The lowest BCUT2D eigenvalue weighted by Crippen LogP contribution is -2.00. The summed E-state index contributed by atoms with van der Waals surface area (Å²) in [5, 5.41) is 21.1. The molecule has 1 N–H and O–H groups in total. The molecular formula is C15H12N2O4. The topological polar surface area (TPSA) is 92.8 Å². The van der Waals surface area contributed by atoms with Crippen LogP contribution in [0.3, 0.4) is 0 Å². The predicted molar refractivity (Wildman–Crippen MR) is 79.8 cm³/mol. The number of aliphatic imine (C=N–C) groups is 1. The summed E-state index contributed by atoms with van der Waals surface area (Å²) in [5.74, 6) is 0.147. The smallest absolute Gasteiger partial charge is 0.277 e. The Labute approximate surface area is 120 Å². The second kappa shape index (κ2) is 6.42. The quantitative estimate of drug-likeness (QED) is 0.643. The van der Waals surface area contributed by atoms with Gasteiger partial charge < -0.3 is 5.11 Å². The number of phenols is 1. The van der Waals surface area contributed by atoms with Crippen molar-refractivity contribution in [1.82, 2.24) is 0 Å². The molecule has 1 heterocycles. The number of allylic oxidation sites excluding steroid dienone is 1. The van der Waals surface area contributed by atoms with Crippen molar-refractivity contribution in [3.63, 3.8) is 0 Å². The Morgan fingerprint density at radius 3 is 2.38 bits per heavy atom. The maximum absolute atomic E-state index is 10.7. The second-order valence-electron chi connectivity index (χ2n) is 4.22. The number of rotatable bonds is 1. The van der Waals surface area contributed by atoms with E-state index in [0.717, 1.165) is 0 Å². The fourth-order valence-corrected chi connectivity index (χ4v) is 1.83. The number of fused-ring (bicyclic) bond motifs is 1. The Kier molecular flexibility index (Phi) is 4.40. The van der Waals surface area contributed by atoms with Crippen LogP contribution in [0.15, 0.2) is 53.5 Å². The van der Waals surface area contributed by atoms with Crippen molar-refractivity contribution < 1.29 is 14.8 Å². The van der Waals surface area contributed by atoms with Crippen LogP contribution >= 0.6 is 0 Å². The van der Waals surface area contributed by atoms with Crippen LogP contribution in [-0.4, -0.2) is 28.6 Å². The van der Waals surface area contributed by atoms with Crippen LogP contribution in [-0.2, 0) is 4.79 Å². The fourth-order valence-electron chi connectivity index (χ4n) is 1.83. The minimum Gasteiger partial charge on any atom is -0.507 e. The highest BCUT2D eigenvalue weighted by molar-refractivity contribution is 5.98. The molecule has 21 heavy (non-hydrogen) atoms. The SMILES string of the molecule is O=C1C=CC=NC1.O=[N+]([O-])c1ccc(O)c2ccccc12. The van der Waals surface area contributed by atoms with Gasteiger partial charge in [-0.25, -0.2) is 0 Å². The van der Waals surface area contributed by atoms with Crippen molar-refractivity contribution in [2.75, 3.05) is 6.54 Å². The molecule has 6 nitrogen and oxygen atoms in total. The van der Waals surface area contributed by atoms with Gasteiger partial charge in [0.05, 0.1) is 10.3 Å². The maximum atomic E-state index is 10.7. The number of hydrogen-bond donors (Lipinski definition) is 1. The first-order valence-corrected chi connectivity index (χ1v) is 6.14. The van der Waals surface area contributed by atoms with Gasteiger partial charge in [0, 0.05) is 17.7 Å². The van der Waals surface area contributed by atoms with Crippen LogP contribution in [0, 0.1) is 10.1 Å². The molecule has 0 aliphatic carbocycles. The number of dihydropyridines is 1. The molecule has 0 unspecified atom stereocenters. The molecule has 0 atom stereocenters. The second-order valence-corrected chi connectivity index (χ2v) is 4.22. The lowest BCUT2D eigenvalue weighted by molar-refractivity contribution is -0.383. The molecule has 0 fully saturated rings. The summed E-state index contributed by atoms with van der Waals surface area (Å²) in [6.45, 7) is 0.330. The summed E-state index contributed by atoms with van der Waals surface area (Å²) in [6.07, 6.45) is 4.79. The van der Waals surface area contributed by atoms with Crippen molar-refractivity contribution in [3.8, 4) is 5.75 Å². The number of benzene rings is 2. The molecule has 2 aromatic carbocycles. The van der Waals surface area contributed by atoms with E-state index in [1.165, 1.54) is 18.2 Å². The Morgan fingerprint density at radius 1 is 1.14 bits per heavy atom. The third-order valence-electron chi connectivity index (χ3n) is 2.80. The molecule has 0 spiro atoms. The van der Waals surface area contributed by atoms with E-state index < -0.39 is 4.92 Å². The molecule has 1 aliphatic heterocycles. The molecule has 6 heteroatoms. The maximum Gasteiger partial charge on any atom is 0.277 e. The number of carbonyl (C=O) groups excluding carboxylic acids is 1. The minimum absolute atomic E-state index is 0.0124.